The van der Waals surface area contributed by atoms with Crippen molar-refractivity contribution in [3.63, 3.8) is 0 Å². The van der Waals surface area contributed by atoms with Crippen molar-refractivity contribution < 1.29 is 9.18 Å². The fraction of sp³-hybridized carbons (Fsp3) is 0.600. The Hall–Kier alpha value is -1.49. The van der Waals surface area contributed by atoms with Gasteiger partial charge in [-0.2, -0.15) is 0 Å². The van der Waals surface area contributed by atoms with Gasteiger partial charge in [0.15, 0.2) is 0 Å². The molecular formula is C15H22FN3O. The van der Waals surface area contributed by atoms with Crippen LogP contribution in [0, 0.1) is 5.82 Å². The number of piperidine rings is 1. The molecule has 0 bridgehead atoms. The zero-order valence-electron chi connectivity index (χ0n) is 11.9. The molecule has 1 amide bonds. The van der Waals surface area contributed by atoms with Gasteiger partial charge in [-0.15, -0.1) is 0 Å². The summed E-state index contributed by atoms with van der Waals surface area (Å²) in [6, 6.07) is 3.06. The van der Waals surface area contributed by atoms with Gasteiger partial charge in [-0.05, 0) is 37.8 Å². The molecule has 2 rings (SSSR count). The minimum Gasteiger partial charge on any atom is -0.342 e. The lowest BCUT2D eigenvalue weighted by Crippen LogP contribution is -2.42. The minimum absolute atomic E-state index is 0.00987. The highest BCUT2D eigenvalue weighted by Gasteiger charge is 2.18. The van der Waals surface area contributed by atoms with Crippen molar-refractivity contribution in [3.05, 3.63) is 29.8 Å². The SMILES string of the molecule is CCC(NCC(=O)N1CCCCC1)c1ccc(F)cn1. The summed E-state index contributed by atoms with van der Waals surface area (Å²) in [4.78, 5) is 18.1. The number of hydrogen-bond acceptors (Lipinski definition) is 3. The highest BCUT2D eigenvalue weighted by molar-refractivity contribution is 5.78. The van der Waals surface area contributed by atoms with Gasteiger partial charge in [0.1, 0.15) is 5.82 Å². The second kappa shape index (κ2) is 7.33. The Morgan fingerprint density at radius 2 is 2.15 bits per heavy atom. The number of nitrogens with one attached hydrogen (secondary N) is 1. The van der Waals surface area contributed by atoms with E-state index in [-0.39, 0.29) is 17.8 Å². The predicted molar refractivity (Wildman–Crippen MR) is 75.7 cm³/mol. The third-order valence-electron chi connectivity index (χ3n) is 3.72. The predicted octanol–water partition coefficient (Wildman–Crippen LogP) is 2.27. The fourth-order valence-corrected chi connectivity index (χ4v) is 2.52. The maximum Gasteiger partial charge on any atom is 0.236 e. The van der Waals surface area contributed by atoms with E-state index in [9.17, 15) is 9.18 Å². The van der Waals surface area contributed by atoms with E-state index in [2.05, 4.69) is 10.3 Å². The lowest BCUT2D eigenvalue weighted by atomic mass is 10.1. The van der Waals surface area contributed by atoms with Gasteiger partial charge >= 0.3 is 0 Å². The number of pyridine rings is 1. The number of likely N-dealkylation sites (tertiary alicyclic amines) is 1. The Morgan fingerprint density at radius 3 is 2.75 bits per heavy atom. The number of amides is 1. The van der Waals surface area contributed by atoms with E-state index in [0.717, 1.165) is 38.0 Å². The zero-order valence-corrected chi connectivity index (χ0v) is 11.9. The number of hydrogen-bond donors (Lipinski definition) is 1. The molecule has 1 fully saturated rings. The van der Waals surface area contributed by atoms with Crippen LogP contribution in [0.5, 0.6) is 0 Å². The van der Waals surface area contributed by atoms with Crippen molar-refractivity contribution in [1.82, 2.24) is 15.2 Å². The Morgan fingerprint density at radius 1 is 1.40 bits per heavy atom. The Balaban J connectivity index is 1.86. The average molecular weight is 279 g/mol. The summed E-state index contributed by atoms with van der Waals surface area (Å²) in [7, 11) is 0. The first-order valence-corrected chi connectivity index (χ1v) is 7.33. The van der Waals surface area contributed by atoms with E-state index in [4.69, 9.17) is 0 Å². The molecule has 0 saturated carbocycles. The normalized spacial score (nSPS) is 17.0. The quantitative estimate of drug-likeness (QED) is 0.899. The van der Waals surface area contributed by atoms with Gasteiger partial charge in [0.25, 0.3) is 0 Å². The second-order valence-electron chi connectivity index (χ2n) is 5.18. The molecule has 1 saturated heterocycles. The van der Waals surface area contributed by atoms with Gasteiger partial charge in [0.2, 0.25) is 5.91 Å². The van der Waals surface area contributed by atoms with E-state index < -0.39 is 0 Å². The topological polar surface area (TPSA) is 45.2 Å². The first kappa shape index (κ1) is 14.9. The van der Waals surface area contributed by atoms with Crippen molar-refractivity contribution in [3.8, 4) is 0 Å². The molecule has 0 aliphatic carbocycles. The third kappa shape index (κ3) is 4.00. The molecule has 20 heavy (non-hydrogen) atoms. The molecule has 1 N–H and O–H groups in total. The summed E-state index contributed by atoms with van der Waals surface area (Å²) >= 11 is 0. The van der Waals surface area contributed by atoms with Crippen LogP contribution in [-0.2, 0) is 4.79 Å². The molecule has 1 aromatic heterocycles. The standard InChI is InChI=1S/C15H22FN3O/c1-2-13(14-7-6-12(16)10-17-14)18-11-15(20)19-8-4-3-5-9-19/h6-7,10,13,18H,2-5,8-9,11H2,1H3. The number of nitrogens with zero attached hydrogens (tertiary/aromatic N) is 2. The van der Waals surface area contributed by atoms with E-state index >= 15 is 0 Å². The molecule has 0 aromatic carbocycles. The highest BCUT2D eigenvalue weighted by Crippen LogP contribution is 2.14. The molecule has 2 heterocycles. The van der Waals surface area contributed by atoms with Crippen molar-refractivity contribution in [2.24, 2.45) is 0 Å². The molecule has 1 atom stereocenters. The van der Waals surface area contributed by atoms with Gasteiger partial charge in [-0.3, -0.25) is 9.78 Å². The summed E-state index contributed by atoms with van der Waals surface area (Å²) < 4.78 is 12.9. The Labute approximate surface area is 119 Å². The molecule has 1 aromatic rings. The maximum absolute atomic E-state index is 12.9. The molecule has 110 valence electrons. The molecule has 1 aliphatic rings. The number of aromatic nitrogens is 1. The van der Waals surface area contributed by atoms with Gasteiger partial charge in [0.05, 0.1) is 18.4 Å². The second-order valence-corrected chi connectivity index (χ2v) is 5.18. The molecule has 0 radical (unpaired) electrons. The van der Waals surface area contributed by atoms with Crippen molar-refractivity contribution >= 4 is 5.91 Å². The van der Waals surface area contributed by atoms with Crippen LogP contribution in [0.15, 0.2) is 18.3 Å². The van der Waals surface area contributed by atoms with Crippen molar-refractivity contribution in [2.75, 3.05) is 19.6 Å². The molecule has 4 nitrogen and oxygen atoms in total. The molecule has 1 aliphatic heterocycles. The van der Waals surface area contributed by atoms with E-state index in [1.54, 1.807) is 6.07 Å². The van der Waals surface area contributed by atoms with Crippen LogP contribution in [0.1, 0.15) is 44.3 Å². The zero-order chi connectivity index (χ0) is 14.4. The number of carbonyl (C=O) groups is 1. The monoisotopic (exact) mass is 279 g/mol. The smallest absolute Gasteiger partial charge is 0.236 e. The highest BCUT2D eigenvalue weighted by atomic mass is 19.1. The number of carbonyl (C=O) groups excluding carboxylic acids is 1. The van der Waals surface area contributed by atoms with E-state index in [1.807, 2.05) is 11.8 Å². The first-order valence-electron chi connectivity index (χ1n) is 7.33. The number of rotatable bonds is 5. The largest absolute Gasteiger partial charge is 0.342 e. The minimum atomic E-state index is -0.340. The van der Waals surface area contributed by atoms with Crippen LogP contribution in [0.4, 0.5) is 4.39 Å². The van der Waals surface area contributed by atoms with Crippen LogP contribution in [0.3, 0.4) is 0 Å². The lowest BCUT2D eigenvalue weighted by molar-refractivity contribution is -0.131. The summed E-state index contributed by atoms with van der Waals surface area (Å²) in [6.45, 7) is 4.07. The van der Waals surface area contributed by atoms with Gasteiger partial charge < -0.3 is 10.2 Å². The average Bonchev–Trinajstić information content (AvgIpc) is 2.50. The molecule has 5 heteroatoms. The molecule has 1 unspecified atom stereocenters. The maximum atomic E-state index is 12.9. The van der Waals surface area contributed by atoms with Crippen molar-refractivity contribution in [2.45, 2.75) is 38.6 Å². The Kier molecular flexibility index (Phi) is 5.47. The van der Waals surface area contributed by atoms with Crippen LogP contribution < -0.4 is 5.32 Å². The van der Waals surface area contributed by atoms with E-state index in [0.29, 0.717) is 6.54 Å². The molecular weight excluding hydrogens is 257 g/mol. The molecule has 0 spiro atoms. The summed E-state index contributed by atoms with van der Waals surface area (Å²) in [5.74, 6) is -0.196. The number of halogens is 1. The third-order valence-corrected chi connectivity index (χ3v) is 3.72. The van der Waals surface area contributed by atoms with E-state index in [1.165, 1.54) is 18.7 Å². The van der Waals surface area contributed by atoms with Crippen LogP contribution >= 0.6 is 0 Å². The summed E-state index contributed by atoms with van der Waals surface area (Å²) in [5, 5.41) is 3.23. The van der Waals surface area contributed by atoms with Gasteiger partial charge in [-0.1, -0.05) is 6.92 Å². The van der Waals surface area contributed by atoms with Gasteiger partial charge in [0, 0.05) is 19.1 Å². The fourth-order valence-electron chi connectivity index (χ4n) is 2.52. The summed E-state index contributed by atoms with van der Waals surface area (Å²) in [6.07, 6.45) is 5.44. The van der Waals surface area contributed by atoms with Crippen LogP contribution in [-0.4, -0.2) is 35.4 Å². The Bertz CT molecular complexity index is 429. The first-order chi connectivity index (χ1) is 9.70. The van der Waals surface area contributed by atoms with Crippen LogP contribution in [0.2, 0.25) is 0 Å². The summed E-state index contributed by atoms with van der Waals surface area (Å²) in [5.41, 5.74) is 0.778. The van der Waals surface area contributed by atoms with Gasteiger partial charge in [-0.25, -0.2) is 4.39 Å². The van der Waals surface area contributed by atoms with Crippen LogP contribution in [0.25, 0.3) is 0 Å². The van der Waals surface area contributed by atoms with Crippen molar-refractivity contribution in [1.29, 1.82) is 0 Å². The lowest BCUT2D eigenvalue weighted by Gasteiger charge is -2.27.